The molecule has 112 valence electrons. The molecule has 2 aromatic rings. The highest BCUT2D eigenvalue weighted by Crippen LogP contribution is 2.34. The number of carbonyl (C=O) groups is 2. The van der Waals surface area contributed by atoms with Crippen molar-refractivity contribution in [1.82, 2.24) is 5.01 Å². The van der Waals surface area contributed by atoms with E-state index >= 15 is 0 Å². The molecule has 3 heterocycles. The summed E-state index contributed by atoms with van der Waals surface area (Å²) in [6.07, 6.45) is 3.67. The number of aliphatic carboxylic acids is 1. The van der Waals surface area contributed by atoms with Crippen LogP contribution in [0.15, 0.2) is 57.6 Å². The average Bonchev–Trinajstić information content (AvgIpc) is 3.23. The lowest BCUT2D eigenvalue weighted by molar-refractivity contribution is -0.297. The van der Waals surface area contributed by atoms with Crippen LogP contribution in [0.3, 0.4) is 0 Å². The maximum absolute atomic E-state index is 12.2. The zero-order chi connectivity index (χ0) is 15.5. The number of carboxylic acids is 1. The van der Waals surface area contributed by atoms with Crippen LogP contribution in [-0.2, 0) is 9.59 Å². The Balaban J connectivity index is 1.90. The molecule has 0 spiro atoms. The van der Waals surface area contributed by atoms with Crippen LogP contribution in [0.5, 0.6) is 0 Å². The lowest BCUT2D eigenvalue weighted by Gasteiger charge is -2.18. The smallest absolute Gasteiger partial charge is 0.267 e. The summed E-state index contributed by atoms with van der Waals surface area (Å²) in [6, 6.07) is 6.95. The van der Waals surface area contributed by atoms with E-state index in [0.717, 1.165) is 16.7 Å². The molecule has 1 atom stereocenters. The fourth-order valence-corrected chi connectivity index (χ4v) is 2.94. The first-order valence-electron chi connectivity index (χ1n) is 6.52. The molecule has 0 aliphatic carbocycles. The molecule has 22 heavy (non-hydrogen) atoms. The molecule has 0 N–H and O–H groups in total. The van der Waals surface area contributed by atoms with E-state index in [1.807, 2.05) is 17.5 Å². The van der Waals surface area contributed by atoms with Gasteiger partial charge in [0.25, 0.3) is 5.91 Å². The first-order chi connectivity index (χ1) is 10.6. The van der Waals surface area contributed by atoms with Gasteiger partial charge in [0.15, 0.2) is 0 Å². The number of thiophene rings is 1. The van der Waals surface area contributed by atoms with Crippen molar-refractivity contribution < 1.29 is 19.1 Å². The molecule has 0 bridgehead atoms. The zero-order valence-electron chi connectivity index (χ0n) is 11.3. The van der Waals surface area contributed by atoms with Crippen molar-refractivity contribution in [2.24, 2.45) is 5.10 Å². The van der Waals surface area contributed by atoms with Gasteiger partial charge in [-0.3, -0.25) is 4.79 Å². The van der Waals surface area contributed by atoms with Gasteiger partial charge in [0.2, 0.25) is 0 Å². The average molecular weight is 315 g/mol. The summed E-state index contributed by atoms with van der Waals surface area (Å²) in [4.78, 5) is 23.6. The van der Waals surface area contributed by atoms with E-state index in [2.05, 4.69) is 5.10 Å². The topological polar surface area (TPSA) is 85.9 Å². The Morgan fingerprint density at radius 2 is 2.23 bits per heavy atom. The number of nitrogens with zero attached hydrogens (tertiary/aromatic N) is 2. The lowest BCUT2D eigenvalue weighted by Crippen LogP contribution is -2.26. The van der Waals surface area contributed by atoms with Gasteiger partial charge < -0.3 is 14.3 Å². The molecule has 0 saturated carbocycles. The summed E-state index contributed by atoms with van der Waals surface area (Å²) in [6.45, 7) is 0. The predicted octanol–water partition coefficient (Wildman–Crippen LogP) is 1.32. The molecular formula is C15H11N2O4S-. The first-order valence-corrected chi connectivity index (χ1v) is 7.40. The van der Waals surface area contributed by atoms with E-state index in [1.54, 1.807) is 12.1 Å². The van der Waals surface area contributed by atoms with Crippen molar-refractivity contribution in [3.8, 4) is 0 Å². The SMILES string of the molecule is O=C([O-])/C=C/C(=O)N1N=C(c2cccs2)C[C@@H]1c1ccco1. The van der Waals surface area contributed by atoms with Gasteiger partial charge in [0.05, 0.1) is 22.8 Å². The van der Waals surface area contributed by atoms with E-state index in [-0.39, 0.29) is 6.04 Å². The number of carbonyl (C=O) groups excluding carboxylic acids is 2. The van der Waals surface area contributed by atoms with Gasteiger partial charge in [-0.2, -0.15) is 5.10 Å². The third-order valence-corrected chi connectivity index (χ3v) is 4.09. The van der Waals surface area contributed by atoms with Crippen LogP contribution in [0.1, 0.15) is 23.1 Å². The number of hydrazone groups is 1. The number of amides is 1. The van der Waals surface area contributed by atoms with Gasteiger partial charge in [-0.1, -0.05) is 6.07 Å². The molecule has 3 rings (SSSR count). The molecular weight excluding hydrogens is 304 g/mol. The first kappa shape index (κ1) is 14.3. The summed E-state index contributed by atoms with van der Waals surface area (Å²) in [7, 11) is 0. The number of carboxylic acid groups (broad SMARTS) is 1. The molecule has 2 aromatic heterocycles. The summed E-state index contributed by atoms with van der Waals surface area (Å²) >= 11 is 1.53. The van der Waals surface area contributed by atoms with Crippen LogP contribution < -0.4 is 5.11 Å². The number of rotatable bonds is 4. The third-order valence-electron chi connectivity index (χ3n) is 3.18. The Labute approximate surface area is 130 Å². The van der Waals surface area contributed by atoms with Crippen molar-refractivity contribution in [1.29, 1.82) is 0 Å². The molecule has 1 amide bonds. The highest BCUT2D eigenvalue weighted by molar-refractivity contribution is 7.12. The molecule has 0 saturated heterocycles. The Bertz CT molecular complexity index is 732. The van der Waals surface area contributed by atoms with Gasteiger partial charge in [0, 0.05) is 12.5 Å². The zero-order valence-corrected chi connectivity index (χ0v) is 12.2. The van der Waals surface area contributed by atoms with E-state index < -0.39 is 11.9 Å². The minimum atomic E-state index is -1.43. The molecule has 0 radical (unpaired) electrons. The van der Waals surface area contributed by atoms with Gasteiger partial charge in [-0.15, -0.1) is 11.3 Å². The van der Waals surface area contributed by atoms with Gasteiger partial charge in [-0.25, -0.2) is 5.01 Å². The predicted molar refractivity (Wildman–Crippen MR) is 77.9 cm³/mol. The van der Waals surface area contributed by atoms with Crippen LogP contribution in [-0.4, -0.2) is 22.6 Å². The summed E-state index contributed by atoms with van der Waals surface area (Å²) in [5, 5.41) is 18.0. The van der Waals surface area contributed by atoms with Crippen molar-refractivity contribution in [2.45, 2.75) is 12.5 Å². The minimum absolute atomic E-state index is 0.383. The molecule has 0 fully saturated rings. The summed E-state index contributed by atoms with van der Waals surface area (Å²) in [5.41, 5.74) is 0.770. The fraction of sp³-hybridized carbons (Fsp3) is 0.133. The van der Waals surface area contributed by atoms with E-state index in [9.17, 15) is 14.7 Å². The van der Waals surface area contributed by atoms with E-state index in [4.69, 9.17) is 4.42 Å². The van der Waals surface area contributed by atoms with Gasteiger partial charge >= 0.3 is 0 Å². The quantitative estimate of drug-likeness (QED) is 0.796. The van der Waals surface area contributed by atoms with Gasteiger partial charge in [-0.05, 0) is 29.7 Å². The normalized spacial score (nSPS) is 17.9. The van der Waals surface area contributed by atoms with Crippen LogP contribution in [0.4, 0.5) is 0 Å². The second kappa shape index (κ2) is 5.98. The van der Waals surface area contributed by atoms with Crippen molar-refractivity contribution >= 4 is 28.9 Å². The second-order valence-electron chi connectivity index (χ2n) is 4.59. The van der Waals surface area contributed by atoms with Crippen LogP contribution in [0, 0.1) is 0 Å². The number of hydrogen-bond acceptors (Lipinski definition) is 6. The molecule has 7 heteroatoms. The van der Waals surface area contributed by atoms with E-state index in [0.29, 0.717) is 18.3 Å². The lowest BCUT2D eigenvalue weighted by atomic mass is 10.1. The van der Waals surface area contributed by atoms with Gasteiger partial charge in [0.1, 0.15) is 11.8 Å². The Morgan fingerprint density at radius 1 is 1.36 bits per heavy atom. The van der Waals surface area contributed by atoms with Crippen molar-refractivity contribution in [3.05, 3.63) is 58.7 Å². The monoisotopic (exact) mass is 315 g/mol. The van der Waals surface area contributed by atoms with Crippen LogP contribution in [0.2, 0.25) is 0 Å². The summed E-state index contributed by atoms with van der Waals surface area (Å²) in [5.74, 6) is -1.35. The maximum atomic E-state index is 12.2. The Morgan fingerprint density at radius 3 is 2.86 bits per heavy atom. The highest BCUT2D eigenvalue weighted by atomic mass is 32.1. The van der Waals surface area contributed by atoms with Crippen molar-refractivity contribution in [2.75, 3.05) is 0 Å². The summed E-state index contributed by atoms with van der Waals surface area (Å²) < 4.78 is 5.37. The van der Waals surface area contributed by atoms with Crippen LogP contribution in [0.25, 0.3) is 0 Å². The minimum Gasteiger partial charge on any atom is -0.545 e. The molecule has 0 aromatic carbocycles. The molecule has 0 unspecified atom stereocenters. The fourth-order valence-electron chi connectivity index (χ4n) is 2.22. The molecule has 6 nitrogen and oxygen atoms in total. The number of furan rings is 1. The second-order valence-corrected chi connectivity index (χ2v) is 5.54. The standard InChI is InChI=1S/C15H12N2O4S/c18-14(5-6-15(19)20)17-11(12-3-1-7-21-12)9-10(16-17)13-4-2-8-22-13/h1-8,11H,9H2,(H,19,20)/p-1/b6-5+/t11-/m1/s1. The van der Waals surface area contributed by atoms with E-state index in [1.165, 1.54) is 22.6 Å². The van der Waals surface area contributed by atoms with Crippen LogP contribution >= 0.6 is 11.3 Å². The Kier molecular flexibility index (Phi) is 3.88. The highest BCUT2D eigenvalue weighted by Gasteiger charge is 2.34. The molecule has 1 aliphatic rings. The third kappa shape index (κ3) is 2.84. The number of hydrogen-bond donors (Lipinski definition) is 0. The maximum Gasteiger partial charge on any atom is 0.267 e. The Hall–Kier alpha value is -2.67. The van der Waals surface area contributed by atoms with Crippen molar-refractivity contribution in [3.63, 3.8) is 0 Å². The molecule has 1 aliphatic heterocycles. The largest absolute Gasteiger partial charge is 0.545 e.